The third-order valence-electron chi connectivity index (χ3n) is 4.39. The second kappa shape index (κ2) is 11.5. The van der Waals surface area contributed by atoms with Crippen LogP contribution in [0.1, 0.15) is 25.8 Å². The maximum Gasteiger partial charge on any atom is 0.409 e. The Morgan fingerprint density at radius 2 is 1.83 bits per heavy atom. The van der Waals surface area contributed by atoms with Crippen molar-refractivity contribution in [3.63, 3.8) is 0 Å². The Bertz CT molecular complexity index is 656. The van der Waals surface area contributed by atoms with Gasteiger partial charge < -0.3 is 19.7 Å². The number of carbonyl (C=O) groups excluding carboxylic acids is 2. The maximum atomic E-state index is 12.2. The quantitative estimate of drug-likeness (QED) is 0.710. The number of rotatable bonds is 8. The number of hydrogen-bond donors (Lipinski definition) is 1. The Labute approximate surface area is 169 Å². The molecule has 1 aliphatic heterocycles. The zero-order chi connectivity index (χ0) is 21.2. The first-order chi connectivity index (χ1) is 13.8. The number of alkyl halides is 2. The summed E-state index contributed by atoms with van der Waals surface area (Å²) in [4.78, 5) is 28.0. The van der Waals surface area contributed by atoms with Gasteiger partial charge in [0.1, 0.15) is 5.75 Å². The van der Waals surface area contributed by atoms with Crippen LogP contribution < -0.4 is 10.1 Å². The van der Waals surface area contributed by atoms with Gasteiger partial charge in [-0.2, -0.15) is 8.78 Å². The summed E-state index contributed by atoms with van der Waals surface area (Å²) < 4.78 is 33.9. The van der Waals surface area contributed by atoms with Crippen molar-refractivity contribution >= 4 is 12.0 Å². The molecule has 0 spiro atoms. The van der Waals surface area contributed by atoms with E-state index < -0.39 is 6.61 Å². The molecule has 1 saturated heterocycles. The van der Waals surface area contributed by atoms with Crippen molar-refractivity contribution in [2.45, 2.75) is 33.4 Å². The third-order valence-corrected chi connectivity index (χ3v) is 4.39. The summed E-state index contributed by atoms with van der Waals surface area (Å²) in [7, 11) is 0. The number of nitrogens with one attached hydrogen (secondary N) is 1. The van der Waals surface area contributed by atoms with E-state index in [4.69, 9.17) is 4.74 Å². The normalized spacial score (nSPS) is 15.3. The molecule has 1 N–H and O–H groups in total. The first kappa shape index (κ1) is 22.9. The molecular weight excluding hydrogens is 384 g/mol. The zero-order valence-electron chi connectivity index (χ0n) is 16.9. The largest absolute Gasteiger partial charge is 0.449 e. The molecule has 2 amide bonds. The molecule has 162 valence electrons. The molecule has 1 fully saturated rings. The number of amides is 2. The van der Waals surface area contributed by atoms with Crippen molar-refractivity contribution in [2.24, 2.45) is 5.92 Å². The Hall–Kier alpha value is -2.42. The molecule has 29 heavy (non-hydrogen) atoms. The van der Waals surface area contributed by atoms with Crippen LogP contribution in [0, 0.1) is 5.92 Å². The molecule has 0 atom stereocenters. The maximum absolute atomic E-state index is 12.2. The van der Waals surface area contributed by atoms with Crippen LogP contribution in [0.2, 0.25) is 0 Å². The van der Waals surface area contributed by atoms with E-state index in [0.717, 1.165) is 18.5 Å². The van der Waals surface area contributed by atoms with Crippen LogP contribution in [0.25, 0.3) is 0 Å². The van der Waals surface area contributed by atoms with Crippen LogP contribution in [-0.4, -0.2) is 67.7 Å². The van der Waals surface area contributed by atoms with Gasteiger partial charge in [0.2, 0.25) is 5.91 Å². The van der Waals surface area contributed by atoms with Crippen LogP contribution in [0.15, 0.2) is 24.3 Å². The summed E-state index contributed by atoms with van der Waals surface area (Å²) in [6.45, 7) is 4.52. The average Bonchev–Trinajstić information content (AvgIpc) is 2.90. The Balaban J connectivity index is 1.71. The minimum absolute atomic E-state index is 0.0797. The van der Waals surface area contributed by atoms with Crippen LogP contribution in [0.4, 0.5) is 13.6 Å². The van der Waals surface area contributed by atoms with E-state index in [1.54, 1.807) is 17.0 Å². The predicted octanol–water partition coefficient (Wildman–Crippen LogP) is 2.70. The van der Waals surface area contributed by atoms with Gasteiger partial charge >= 0.3 is 12.7 Å². The lowest BCUT2D eigenvalue weighted by Gasteiger charge is -2.21. The van der Waals surface area contributed by atoms with Crippen molar-refractivity contribution in [3.8, 4) is 5.75 Å². The molecule has 2 rings (SSSR count). The zero-order valence-corrected chi connectivity index (χ0v) is 16.9. The number of carbonyl (C=O) groups is 2. The number of hydrogen-bond acceptors (Lipinski definition) is 5. The number of benzene rings is 1. The number of halogens is 2. The minimum Gasteiger partial charge on any atom is -0.449 e. The summed E-state index contributed by atoms with van der Waals surface area (Å²) >= 11 is 0. The number of nitrogens with zero attached hydrogens (tertiary/aromatic N) is 2. The second-order valence-corrected chi connectivity index (χ2v) is 7.39. The first-order valence-corrected chi connectivity index (χ1v) is 9.78. The first-order valence-electron chi connectivity index (χ1n) is 9.78. The van der Waals surface area contributed by atoms with Crippen molar-refractivity contribution < 1.29 is 27.8 Å². The lowest BCUT2D eigenvalue weighted by molar-refractivity contribution is -0.122. The van der Waals surface area contributed by atoms with Gasteiger partial charge in [-0.15, -0.1) is 0 Å². The standard InChI is InChI=1S/C20H29F2N3O4/c1-15(2)14-28-20(27)25-9-3-8-24(10-11-25)13-18(26)23-12-16-4-6-17(7-5-16)29-19(21)22/h4-7,15,19H,3,8-14H2,1-2H3,(H,23,26). The van der Waals surface area contributed by atoms with Crippen LogP contribution in [-0.2, 0) is 16.1 Å². The third kappa shape index (κ3) is 8.64. The highest BCUT2D eigenvalue weighted by Gasteiger charge is 2.21. The lowest BCUT2D eigenvalue weighted by atomic mass is 10.2. The Morgan fingerprint density at radius 3 is 2.48 bits per heavy atom. The Kier molecular flexibility index (Phi) is 9.11. The van der Waals surface area contributed by atoms with Crippen molar-refractivity contribution in [1.82, 2.24) is 15.1 Å². The van der Waals surface area contributed by atoms with Gasteiger partial charge in [0.05, 0.1) is 13.2 Å². The van der Waals surface area contributed by atoms with E-state index in [1.807, 2.05) is 18.7 Å². The van der Waals surface area contributed by atoms with Gasteiger partial charge in [0.25, 0.3) is 0 Å². The van der Waals surface area contributed by atoms with Crippen molar-refractivity contribution in [3.05, 3.63) is 29.8 Å². The topological polar surface area (TPSA) is 71.1 Å². The smallest absolute Gasteiger partial charge is 0.409 e. The molecule has 1 aliphatic rings. The van der Waals surface area contributed by atoms with E-state index in [0.29, 0.717) is 38.7 Å². The molecule has 0 radical (unpaired) electrons. The molecule has 0 aliphatic carbocycles. The Morgan fingerprint density at radius 1 is 1.10 bits per heavy atom. The van der Waals surface area contributed by atoms with Gasteiger partial charge in [-0.1, -0.05) is 26.0 Å². The monoisotopic (exact) mass is 413 g/mol. The summed E-state index contributed by atoms with van der Waals surface area (Å²) in [5.41, 5.74) is 0.787. The predicted molar refractivity (Wildman–Crippen MR) is 104 cm³/mol. The highest BCUT2D eigenvalue weighted by atomic mass is 19.3. The van der Waals surface area contributed by atoms with Crippen molar-refractivity contribution in [2.75, 3.05) is 39.3 Å². The van der Waals surface area contributed by atoms with E-state index in [1.165, 1.54) is 12.1 Å². The van der Waals surface area contributed by atoms with Gasteiger partial charge in [-0.05, 0) is 30.0 Å². The van der Waals surface area contributed by atoms with Gasteiger partial charge in [0.15, 0.2) is 0 Å². The summed E-state index contributed by atoms with van der Waals surface area (Å²) in [6.07, 6.45) is 0.472. The second-order valence-electron chi connectivity index (χ2n) is 7.39. The fourth-order valence-corrected chi connectivity index (χ4v) is 2.89. The highest BCUT2D eigenvalue weighted by Crippen LogP contribution is 2.14. The van der Waals surface area contributed by atoms with Crippen LogP contribution >= 0.6 is 0 Å². The summed E-state index contributed by atoms with van der Waals surface area (Å²) in [6, 6.07) is 6.14. The molecule has 1 aromatic carbocycles. The van der Waals surface area contributed by atoms with Crippen LogP contribution in [0.5, 0.6) is 5.75 Å². The molecule has 0 unspecified atom stereocenters. The van der Waals surface area contributed by atoms with Crippen molar-refractivity contribution in [1.29, 1.82) is 0 Å². The fraction of sp³-hybridized carbons (Fsp3) is 0.600. The SMILES string of the molecule is CC(C)COC(=O)N1CCCN(CC(=O)NCc2ccc(OC(F)F)cc2)CC1. The summed E-state index contributed by atoms with van der Waals surface area (Å²) in [5, 5.41) is 2.82. The molecule has 9 heteroatoms. The van der Waals surface area contributed by atoms with E-state index in [2.05, 4.69) is 10.1 Å². The molecular formula is C20H29F2N3O4. The number of ether oxygens (including phenoxy) is 2. The van der Waals surface area contributed by atoms with Gasteiger partial charge in [0, 0.05) is 32.7 Å². The minimum atomic E-state index is -2.86. The summed E-state index contributed by atoms with van der Waals surface area (Å²) in [5.74, 6) is 0.240. The molecule has 0 aromatic heterocycles. The molecule has 1 aromatic rings. The van der Waals surface area contributed by atoms with E-state index in [-0.39, 0.29) is 24.3 Å². The fourth-order valence-electron chi connectivity index (χ4n) is 2.89. The van der Waals surface area contributed by atoms with Gasteiger partial charge in [-0.25, -0.2) is 4.79 Å². The lowest BCUT2D eigenvalue weighted by Crippen LogP contribution is -2.40. The van der Waals surface area contributed by atoms with E-state index in [9.17, 15) is 18.4 Å². The van der Waals surface area contributed by atoms with Crippen LogP contribution in [0.3, 0.4) is 0 Å². The molecule has 0 saturated carbocycles. The van der Waals surface area contributed by atoms with Gasteiger partial charge in [-0.3, -0.25) is 9.69 Å². The average molecular weight is 413 g/mol. The molecule has 0 bridgehead atoms. The molecule has 1 heterocycles. The molecule has 7 nitrogen and oxygen atoms in total. The van der Waals surface area contributed by atoms with E-state index >= 15 is 0 Å². The highest BCUT2D eigenvalue weighted by molar-refractivity contribution is 5.78.